The third-order valence-corrected chi connectivity index (χ3v) is 2.98. The summed E-state index contributed by atoms with van der Waals surface area (Å²) in [7, 11) is 0. The Balaban J connectivity index is 2.42. The van der Waals surface area contributed by atoms with Crippen LogP contribution in [0.5, 0.6) is 0 Å². The molecule has 0 aromatic carbocycles. The minimum atomic E-state index is -1.41. The van der Waals surface area contributed by atoms with Gasteiger partial charge in [-0.25, -0.2) is 4.79 Å². The molecule has 4 N–H and O–H groups in total. The quantitative estimate of drug-likeness (QED) is 0.487. The van der Waals surface area contributed by atoms with Crippen LogP contribution in [0.3, 0.4) is 0 Å². The van der Waals surface area contributed by atoms with E-state index in [1.54, 1.807) is 0 Å². The van der Waals surface area contributed by atoms with E-state index in [2.05, 4.69) is 0 Å². The van der Waals surface area contributed by atoms with Gasteiger partial charge >= 0.3 is 5.69 Å². The van der Waals surface area contributed by atoms with Crippen LogP contribution in [0.1, 0.15) is 6.23 Å². The molecule has 100 valence electrons. The van der Waals surface area contributed by atoms with Crippen LogP contribution in [0, 0.1) is 0 Å². The molecule has 0 spiro atoms. The number of hydrogen-bond acceptors (Lipinski definition) is 6. The largest absolute Gasteiger partial charge is 0.394 e. The van der Waals surface area contributed by atoms with E-state index in [9.17, 15) is 19.8 Å². The van der Waals surface area contributed by atoms with E-state index in [4.69, 9.17) is 21.4 Å². The highest BCUT2D eigenvalue weighted by Crippen LogP contribution is 2.28. The number of aliphatic hydroxyl groups excluding tert-OH is 3. The Hall–Kier alpha value is -1.19. The highest BCUT2D eigenvalue weighted by molar-refractivity contribution is 6.30. The molecule has 0 aliphatic carbocycles. The monoisotopic (exact) mass is 278 g/mol. The molecule has 1 aromatic heterocycles. The number of halogens is 1. The second kappa shape index (κ2) is 4.82. The number of H-pyrrole nitrogens is 1. The summed E-state index contributed by atoms with van der Waals surface area (Å²) in [4.78, 5) is 24.6. The Bertz CT molecular complexity index is 555. The van der Waals surface area contributed by atoms with E-state index >= 15 is 0 Å². The molecule has 0 saturated carbocycles. The lowest BCUT2D eigenvalue weighted by Crippen LogP contribution is -2.38. The summed E-state index contributed by atoms with van der Waals surface area (Å²) in [6, 6.07) is 0. The molecule has 0 radical (unpaired) electrons. The minimum absolute atomic E-state index is 0.257. The molecule has 1 unspecified atom stereocenters. The van der Waals surface area contributed by atoms with Gasteiger partial charge in [0.1, 0.15) is 23.3 Å². The van der Waals surface area contributed by atoms with Gasteiger partial charge in [-0.15, -0.1) is 0 Å². The number of aromatic nitrogens is 2. The summed E-state index contributed by atoms with van der Waals surface area (Å²) >= 11 is 5.57. The lowest BCUT2D eigenvalue weighted by atomic mass is 10.1. The van der Waals surface area contributed by atoms with Gasteiger partial charge in [0, 0.05) is 6.20 Å². The third kappa shape index (κ3) is 2.08. The van der Waals surface area contributed by atoms with Gasteiger partial charge in [-0.1, -0.05) is 11.6 Å². The summed E-state index contributed by atoms with van der Waals surface area (Å²) in [6.07, 6.45) is -3.98. The molecule has 2 rings (SSSR count). The maximum absolute atomic E-state index is 11.5. The number of nitrogens with zero attached hydrogens (tertiary/aromatic N) is 1. The van der Waals surface area contributed by atoms with E-state index < -0.39 is 42.4 Å². The van der Waals surface area contributed by atoms with Gasteiger partial charge in [-0.3, -0.25) is 14.3 Å². The van der Waals surface area contributed by atoms with Crippen molar-refractivity contribution in [2.24, 2.45) is 0 Å². The summed E-state index contributed by atoms with van der Waals surface area (Å²) in [5.74, 6) is 0. The number of ether oxygens (including phenoxy) is 1. The van der Waals surface area contributed by atoms with E-state index in [1.807, 2.05) is 4.98 Å². The predicted molar refractivity (Wildman–Crippen MR) is 59.3 cm³/mol. The molecular weight excluding hydrogens is 268 g/mol. The number of hydrogen-bond donors (Lipinski definition) is 4. The van der Waals surface area contributed by atoms with Crippen molar-refractivity contribution in [3.05, 3.63) is 32.1 Å². The maximum atomic E-state index is 11.5. The first-order valence-corrected chi connectivity index (χ1v) is 5.47. The van der Waals surface area contributed by atoms with Gasteiger partial charge < -0.3 is 20.1 Å². The highest BCUT2D eigenvalue weighted by atomic mass is 35.5. The molecule has 18 heavy (non-hydrogen) atoms. The Morgan fingerprint density at radius 2 is 2.06 bits per heavy atom. The van der Waals surface area contributed by atoms with E-state index in [0.29, 0.717) is 0 Å². The predicted octanol–water partition coefficient (Wildman–Crippen LogP) is -2.20. The van der Waals surface area contributed by atoms with Crippen molar-refractivity contribution in [2.75, 3.05) is 6.61 Å². The lowest BCUT2D eigenvalue weighted by Gasteiger charge is -2.17. The van der Waals surface area contributed by atoms with Crippen LogP contribution >= 0.6 is 11.6 Å². The molecule has 1 fully saturated rings. The smallest absolute Gasteiger partial charge is 0.330 e. The molecule has 9 heteroatoms. The standard InChI is InChI=1S/C9H11ClN2O6/c10-3-1-12(9(17)11-7(3)16)8-6(15)5(14)4(2-13)18-8/h1,4-6,8,13-15H,2H2,(H,11,16,17)/t4-,5?,6+,8-/m1/s1. The minimum Gasteiger partial charge on any atom is -0.394 e. The number of nitrogens with one attached hydrogen (secondary N) is 1. The van der Waals surface area contributed by atoms with Crippen LogP contribution in [0.25, 0.3) is 0 Å². The molecule has 1 aromatic rings. The second-order valence-corrected chi connectivity index (χ2v) is 4.28. The Morgan fingerprint density at radius 1 is 1.39 bits per heavy atom. The van der Waals surface area contributed by atoms with Crippen LogP contribution in [-0.2, 0) is 4.74 Å². The third-order valence-electron chi connectivity index (χ3n) is 2.72. The normalized spacial score (nSPS) is 31.8. The topological polar surface area (TPSA) is 125 Å². The molecule has 2 heterocycles. The summed E-state index contributed by atoms with van der Waals surface area (Å²) < 4.78 is 5.98. The molecule has 0 bridgehead atoms. The average Bonchev–Trinajstić information content (AvgIpc) is 2.61. The zero-order valence-electron chi connectivity index (χ0n) is 8.99. The van der Waals surface area contributed by atoms with Crippen molar-refractivity contribution >= 4 is 11.6 Å². The van der Waals surface area contributed by atoms with Crippen molar-refractivity contribution in [2.45, 2.75) is 24.5 Å². The van der Waals surface area contributed by atoms with E-state index in [1.165, 1.54) is 0 Å². The first-order chi connectivity index (χ1) is 8.45. The van der Waals surface area contributed by atoms with Gasteiger partial charge in [0.05, 0.1) is 6.61 Å². The fourth-order valence-electron chi connectivity index (χ4n) is 1.76. The van der Waals surface area contributed by atoms with Gasteiger partial charge in [-0.2, -0.15) is 0 Å². The number of rotatable bonds is 2. The van der Waals surface area contributed by atoms with E-state index in [0.717, 1.165) is 10.8 Å². The Labute approximate surface area is 105 Å². The zero-order valence-corrected chi connectivity index (χ0v) is 9.74. The molecule has 1 saturated heterocycles. The first kappa shape index (κ1) is 13.2. The first-order valence-electron chi connectivity index (χ1n) is 5.09. The van der Waals surface area contributed by atoms with Crippen LogP contribution < -0.4 is 11.2 Å². The van der Waals surface area contributed by atoms with Crippen LogP contribution in [0.15, 0.2) is 15.8 Å². The molecule has 1 aliphatic rings. The lowest BCUT2D eigenvalue weighted by molar-refractivity contribution is -0.0550. The van der Waals surface area contributed by atoms with Gasteiger partial charge in [0.15, 0.2) is 6.23 Å². The summed E-state index contributed by atoms with van der Waals surface area (Å²) in [5.41, 5.74) is -1.59. The molecule has 8 nitrogen and oxygen atoms in total. The Morgan fingerprint density at radius 3 is 2.61 bits per heavy atom. The Kier molecular flexibility index (Phi) is 3.55. The number of aromatic amines is 1. The second-order valence-electron chi connectivity index (χ2n) is 3.87. The highest BCUT2D eigenvalue weighted by Gasteiger charge is 2.43. The van der Waals surface area contributed by atoms with E-state index in [-0.39, 0.29) is 5.02 Å². The molecule has 4 atom stereocenters. The summed E-state index contributed by atoms with van der Waals surface area (Å²) in [5, 5.41) is 27.9. The van der Waals surface area contributed by atoms with Gasteiger partial charge in [0.2, 0.25) is 0 Å². The maximum Gasteiger partial charge on any atom is 0.330 e. The number of aliphatic hydroxyl groups is 3. The fourth-order valence-corrected chi connectivity index (χ4v) is 1.91. The molecular formula is C9H11ClN2O6. The van der Waals surface area contributed by atoms with Crippen molar-refractivity contribution in [3.63, 3.8) is 0 Å². The molecule has 0 amide bonds. The van der Waals surface area contributed by atoms with Crippen molar-refractivity contribution in [1.29, 1.82) is 0 Å². The van der Waals surface area contributed by atoms with Crippen LogP contribution in [0.2, 0.25) is 5.02 Å². The van der Waals surface area contributed by atoms with Crippen molar-refractivity contribution in [1.82, 2.24) is 9.55 Å². The van der Waals surface area contributed by atoms with Crippen LogP contribution in [-0.4, -0.2) is 49.8 Å². The average molecular weight is 279 g/mol. The van der Waals surface area contributed by atoms with Crippen molar-refractivity contribution in [3.8, 4) is 0 Å². The van der Waals surface area contributed by atoms with Crippen molar-refractivity contribution < 1.29 is 20.1 Å². The zero-order chi connectivity index (χ0) is 13.4. The van der Waals surface area contributed by atoms with Crippen LogP contribution in [0.4, 0.5) is 0 Å². The molecule has 1 aliphatic heterocycles. The van der Waals surface area contributed by atoms with Gasteiger partial charge in [-0.05, 0) is 0 Å². The summed E-state index contributed by atoms with van der Waals surface area (Å²) in [6.45, 7) is -0.513. The fraction of sp³-hybridized carbons (Fsp3) is 0.556. The SMILES string of the molecule is O=c1[nH]c(=O)n([C@@H]2O[C@H](CO)C(O)[C@@H]2O)cc1Cl. The van der Waals surface area contributed by atoms with Gasteiger partial charge in [0.25, 0.3) is 5.56 Å².